The highest BCUT2D eigenvalue weighted by Gasteiger charge is 2.35. The van der Waals surface area contributed by atoms with Crippen molar-refractivity contribution in [2.45, 2.75) is 51.0 Å². The Morgan fingerprint density at radius 2 is 2.00 bits per heavy atom. The van der Waals surface area contributed by atoms with Gasteiger partial charge in [0.25, 0.3) is 0 Å². The summed E-state index contributed by atoms with van der Waals surface area (Å²) in [7, 11) is 0. The molecule has 2 atom stereocenters. The molecule has 0 radical (unpaired) electrons. The molecule has 0 aromatic rings. The maximum atomic E-state index is 12.4. The number of hydrogen-bond acceptors (Lipinski definition) is 3. The van der Waals surface area contributed by atoms with Crippen molar-refractivity contribution < 1.29 is 9.53 Å². The van der Waals surface area contributed by atoms with Crippen molar-refractivity contribution in [3.8, 4) is 0 Å². The lowest BCUT2D eigenvalue weighted by Gasteiger charge is -2.38. The van der Waals surface area contributed by atoms with Gasteiger partial charge >= 0.3 is 0 Å². The summed E-state index contributed by atoms with van der Waals surface area (Å²) in [5.74, 6) is 0.722. The zero-order valence-electron chi connectivity index (χ0n) is 11.4. The Morgan fingerprint density at radius 1 is 1.33 bits per heavy atom. The van der Waals surface area contributed by atoms with E-state index in [4.69, 9.17) is 10.5 Å². The molecule has 18 heavy (non-hydrogen) atoms. The SMILES string of the molecule is CC1(NC(=O)C2CCCCC2CN)CCOCC1. The first kappa shape index (κ1) is 13.8. The zero-order chi connectivity index (χ0) is 13.0. The largest absolute Gasteiger partial charge is 0.381 e. The molecule has 3 N–H and O–H groups in total. The molecule has 1 saturated heterocycles. The highest BCUT2D eigenvalue weighted by molar-refractivity contribution is 5.79. The highest BCUT2D eigenvalue weighted by atomic mass is 16.5. The van der Waals surface area contributed by atoms with E-state index in [2.05, 4.69) is 12.2 Å². The fourth-order valence-corrected chi connectivity index (χ4v) is 3.17. The average molecular weight is 254 g/mol. The topological polar surface area (TPSA) is 64.4 Å². The molecule has 1 aliphatic carbocycles. The van der Waals surface area contributed by atoms with Crippen LogP contribution in [0.2, 0.25) is 0 Å². The van der Waals surface area contributed by atoms with E-state index >= 15 is 0 Å². The molecule has 1 heterocycles. The molecule has 0 aromatic heterocycles. The lowest BCUT2D eigenvalue weighted by Crippen LogP contribution is -2.53. The molecule has 2 rings (SSSR count). The zero-order valence-corrected chi connectivity index (χ0v) is 11.4. The first-order valence-corrected chi connectivity index (χ1v) is 7.24. The van der Waals surface area contributed by atoms with Crippen LogP contribution in [0.3, 0.4) is 0 Å². The molecule has 0 bridgehead atoms. The van der Waals surface area contributed by atoms with Gasteiger partial charge in [-0.05, 0) is 45.1 Å². The van der Waals surface area contributed by atoms with Crippen LogP contribution in [0.1, 0.15) is 45.4 Å². The van der Waals surface area contributed by atoms with Gasteiger partial charge in [-0.2, -0.15) is 0 Å². The summed E-state index contributed by atoms with van der Waals surface area (Å²) in [6.07, 6.45) is 6.32. The number of ether oxygens (including phenoxy) is 1. The first-order chi connectivity index (χ1) is 8.64. The van der Waals surface area contributed by atoms with E-state index in [1.807, 2.05) is 0 Å². The maximum Gasteiger partial charge on any atom is 0.223 e. The molecule has 1 saturated carbocycles. The van der Waals surface area contributed by atoms with Crippen LogP contribution in [0.5, 0.6) is 0 Å². The van der Waals surface area contributed by atoms with Gasteiger partial charge in [0.2, 0.25) is 5.91 Å². The Bertz CT molecular complexity index is 288. The Kier molecular flexibility index (Phi) is 4.62. The van der Waals surface area contributed by atoms with Crippen molar-refractivity contribution in [1.29, 1.82) is 0 Å². The third kappa shape index (κ3) is 3.23. The van der Waals surface area contributed by atoms with Crippen molar-refractivity contribution in [3.05, 3.63) is 0 Å². The summed E-state index contributed by atoms with van der Waals surface area (Å²) in [4.78, 5) is 12.4. The van der Waals surface area contributed by atoms with Gasteiger partial charge in [0.05, 0.1) is 0 Å². The molecular formula is C14H26N2O2. The third-order valence-electron chi connectivity index (χ3n) is 4.57. The number of nitrogens with two attached hydrogens (primary N) is 1. The summed E-state index contributed by atoms with van der Waals surface area (Å²) in [5.41, 5.74) is 5.72. The van der Waals surface area contributed by atoms with Crippen LogP contribution >= 0.6 is 0 Å². The van der Waals surface area contributed by atoms with Gasteiger partial charge in [-0.15, -0.1) is 0 Å². The summed E-state index contributed by atoms with van der Waals surface area (Å²) >= 11 is 0. The monoisotopic (exact) mass is 254 g/mol. The minimum Gasteiger partial charge on any atom is -0.381 e. The number of nitrogens with one attached hydrogen (secondary N) is 1. The van der Waals surface area contributed by atoms with Crippen LogP contribution in [-0.2, 0) is 9.53 Å². The van der Waals surface area contributed by atoms with E-state index in [0.717, 1.165) is 45.3 Å². The second kappa shape index (κ2) is 6.02. The standard InChI is InChI=1S/C14H26N2O2/c1-14(6-8-18-9-7-14)16-13(17)12-5-3-2-4-11(12)10-15/h11-12H,2-10,15H2,1H3,(H,16,17). The van der Waals surface area contributed by atoms with Gasteiger partial charge in [0.1, 0.15) is 0 Å². The van der Waals surface area contributed by atoms with Crippen molar-refractivity contribution in [1.82, 2.24) is 5.32 Å². The first-order valence-electron chi connectivity index (χ1n) is 7.24. The Labute approximate surface area is 110 Å². The lowest BCUT2D eigenvalue weighted by molar-refractivity contribution is -0.130. The van der Waals surface area contributed by atoms with E-state index in [9.17, 15) is 4.79 Å². The van der Waals surface area contributed by atoms with E-state index < -0.39 is 0 Å². The highest BCUT2D eigenvalue weighted by Crippen LogP contribution is 2.30. The van der Waals surface area contributed by atoms with Crippen LogP contribution in [0.15, 0.2) is 0 Å². The van der Waals surface area contributed by atoms with Crippen LogP contribution < -0.4 is 11.1 Å². The second-order valence-corrected chi connectivity index (χ2v) is 6.05. The molecule has 4 heteroatoms. The summed E-state index contributed by atoms with van der Waals surface area (Å²) in [5, 5.41) is 3.25. The predicted molar refractivity (Wildman–Crippen MR) is 71.1 cm³/mol. The smallest absolute Gasteiger partial charge is 0.223 e. The summed E-state index contributed by atoms with van der Waals surface area (Å²) in [6, 6.07) is 0. The predicted octanol–water partition coefficient (Wildman–Crippen LogP) is 1.44. The van der Waals surface area contributed by atoms with Crippen molar-refractivity contribution in [2.75, 3.05) is 19.8 Å². The summed E-state index contributed by atoms with van der Waals surface area (Å²) < 4.78 is 5.36. The number of carbonyl (C=O) groups excluding carboxylic acids is 1. The quantitative estimate of drug-likeness (QED) is 0.801. The Morgan fingerprint density at radius 3 is 2.67 bits per heavy atom. The Hall–Kier alpha value is -0.610. The molecular weight excluding hydrogens is 228 g/mol. The van der Waals surface area contributed by atoms with E-state index in [-0.39, 0.29) is 17.4 Å². The Balaban J connectivity index is 1.93. The van der Waals surface area contributed by atoms with Gasteiger partial charge < -0.3 is 15.8 Å². The van der Waals surface area contributed by atoms with Gasteiger partial charge in [0, 0.05) is 24.7 Å². The van der Waals surface area contributed by atoms with Crippen LogP contribution in [0.4, 0.5) is 0 Å². The third-order valence-corrected chi connectivity index (χ3v) is 4.57. The van der Waals surface area contributed by atoms with Crippen molar-refractivity contribution in [2.24, 2.45) is 17.6 Å². The van der Waals surface area contributed by atoms with Gasteiger partial charge in [-0.3, -0.25) is 4.79 Å². The molecule has 2 fully saturated rings. The molecule has 1 amide bonds. The van der Waals surface area contributed by atoms with Gasteiger partial charge in [0.15, 0.2) is 0 Å². The van der Waals surface area contributed by atoms with Gasteiger partial charge in [-0.1, -0.05) is 12.8 Å². The molecule has 2 unspecified atom stereocenters. The normalized spacial score (nSPS) is 31.9. The molecule has 4 nitrogen and oxygen atoms in total. The fourth-order valence-electron chi connectivity index (χ4n) is 3.17. The minimum atomic E-state index is -0.0775. The molecule has 104 valence electrons. The van der Waals surface area contributed by atoms with E-state index in [1.165, 1.54) is 6.42 Å². The van der Waals surface area contributed by atoms with Crippen LogP contribution in [-0.4, -0.2) is 31.2 Å². The molecule has 0 spiro atoms. The van der Waals surface area contributed by atoms with Crippen molar-refractivity contribution >= 4 is 5.91 Å². The number of rotatable bonds is 3. The molecule has 1 aliphatic heterocycles. The van der Waals surface area contributed by atoms with Gasteiger partial charge in [-0.25, -0.2) is 0 Å². The van der Waals surface area contributed by atoms with E-state index in [0.29, 0.717) is 12.5 Å². The van der Waals surface area contributed by atoms with Crippen LogP contribution in [0, 0.1) is 11.8 Å². The average Bonchev–Trinajstić information content (AvgIpc) is 2.39. The number of amides is 1. The van der Waals surface area contributed by atoms with Crippen molar-refractivity contribution in [3.63, 3.8) is 0 Å². The fraction of sp³-hybridized carbons (Fsp3) is 0.929. The van der Waals surface area contributed by atoms with Crippen LogP contribution in [0.25, 0.3) is 0 Å². The lowest BCUT2D eigenvalue weighted by atomic mass is 9.78. The minimum absolute atomic E-state index is 0.0775. The molecule has 2 aliphatic rings. The number of carbonyl (C=O) groups is 1. The maximum absolute atomic E-state index is 12.4. The number of hydrogen-bond donors (Lipinski definition) is 2. The van der Waals surface area contributed by atoms with E-state index in [1.54, 1.807) is 0 Å². The summed E-state index contributed by atoms with van der Waals surface area (Å²) in [6.45, 7) is 4.27. The second-order valence-electron chi connectivity index (χ2n) is 6.05. The molecule has 0 aromatic carbocycles.